The van der Waals surface area contributed by atoms with Crippen LogP contribution < -0.4 is 16.0 Å². The second-order valence-corrected chi connectivity index (χ2v) is 8.14. The van der Waals surface area contributed by atoms with Crippen molar-refractivity contribution in [3.63, 3.8) is 0 Å². The first-order chi connectivity index (χ1) is 13.6. The van der Waals surface area contributed by atoms with Crippen LogP contribution >= 0.6 is 0 Å². The number of nitrogens with zero attached hydrogens (tertiary/aromatic N) is 1. The summed E-state index contributed by atoms with van der Waals surface area (Å²) in [7, 11) is 0. The molecule has 0 bridgehead atoms. The summed E-state index contributed by atoms with van der Waals surface area (Å²) in [6, 6.07) is 11.9. The van der Waals surface area contributed by atoms with Gasteiger partial charge < -0.3 is 4.74 Å². The summed E-state index contributed by atoms with van der Waals surface area (Å²) in [5.74, 6) is 0.717. The van der Waals surface area contributed by atoms with E-state index in [4.69, 9.17) is 4.74 Å². The Morgan fingerprint density at radius 3 is 1.90 bits per heavy atom. The van der Waals surface area contributed by atoms with Crippen LogP contribution in [0, 0.1) is 27.7 Å². The van der Waals surface area contributed by atoms with Gasteiger partial charge in [-0.3, -0.25) is 14.3 Å². The topological polar surface area (TPSA) is 64.1 Å². The van der Waals surface area contributed by atoms with E-state index in [-0.39, 0.29) is 23.9 Å². The summed E-state index contributed by atoms with van der Waals surface area (Å²) < 4.78 is 7.22. The molecule has 0 aliphatic rings. The molecule has 3 aromatic rings. The van der Waals surface area contributed by atoms with Gasteiger partial charge in [0.05, 0.1) is 12.1 Å². The lowest BCUT2D eigenvalue weighted by Gasteiger charge is -2.16. The number of H-pyrrole nitrogens is 1. The Hall–Kier alpha value is -3.08. The maximum absolute atomic E-state index is 13.2. The number of ether oxygens (including phenoxy) is 1. The predicted octanol–water partition coefficient (Wildman–Crippen LogP) is 4.73. The number of rotatable bonds is 5. The fourth-order valence-corrected chi connectivity index (χ4v) is 3.75. The molecule has 5 heteroatoms. The molecule has 0 fully saturated rings. The summed E-state index contributed by atoms with van der Waals surface area (Å²) in [4.78, 5) is 28.8. The first kappa shape index (κ1) is 20.6. The van der Waals surface area contributed by atoms with Gasteiger partial charge in [0, 0.05) is 0 Å². The van der Waals surface area contributed by atoms with Crippen molar-refractivity contribution in [2.75, 3.05) is 0 Å². The molecule has 0 aliphatic carbocycles. The zero-order valence-corrected chi connectivity index (χ0v) is 17.9. The molecule has 0 unspecified atom stereocenters. The van der Waals surface area contributed by atoms with Gasteiger partial charge in [-0.15, -0.1) is 0 Å². The van der Waals surface area contributed by atoms with Crippen molar-refractivity contribution >= 4 is 0 Å². The third kappa shape index (κ3) is 4.67. The maximum atomic E-state index is 13.2. The van der Waals surface area contributed by atoms with E-state index in [9.17, 15) is 9.59 Å². The first-order valence-electron chi connectivity index (χ1n) is 9.84. The summed E-state index contributed by atoms with van der Waals surface area (Å²) in [6.07, 6.45) is 0. The lowest BCUT2D eigenvalue weighted by atomic mass is 10.1. The fourth-order valence-electron chi connectivity index (χ4n) is 3.75. The van der Waals surface area contributed by atoms with Crippen LogP contribution in [0.15, 0.2) is 46.0 Å². The summed E-state index contributed by atoms with van der Waals surface area (Å²) >= 11 is 0. The second kappa shape index (κ2) is 8.11. The van der Waals surface area contributed by atoms with Gasteiger partial charge >= 0.3 is 5.69 Å². The molecule has 0 amide bonds. The van der Waals surface area contributed by atoms with Gasteiger partial charge in [-0.1, -0.05) is 49.2 Å². The largest absolute Gasteiger partial charge is 0.440 e. The molecule has 1 aromatic heterocycles. The lowest BCUT2D eigenvalue weighted by molar-refractivity contribution is 0.440. The van der Waals surface area contributed by atoms with Crippen molar-refractivity contribution in [3.8, 4) is 11.6 Å². The Morgan fingerprint density at radius 2 is 1.38 bits per heavy atom. The minimum atomic E-state index is -0.474. The molecule has 2 aromatic carbocycles. The summed E-state index contributed by atoms with van der Waals surface area (Å²) in [5, 5.41) is 0. The van der Waals surface area contributed by atoms with Crippen LogP contribution in [0.2, 0.25) is 0 Å². The van der Waals surface area contributed by atoms with Gasteiger partial charge in [0.2, 0.25) is 5.88 Å². The van der Waals surface area contributed by atoms with Gasteiger partial charge in [-0.05, 0) is 62.4 Å². The number of aromatic nitrogens is 2. The van der Waals surface area contributed by atoms with Crippen LogP contribution in [0.25, 0.3) is 0 Å². The van der Waals surface area contributed by atoms with Crippen molar-refractivity contribution in [3.05, 3.63) is 90.6 Å². The van der Waals surface area contributed by atoms with E-state index < -0.39 is 5.69 Å². The summed E-state index contributed by atoms with van der Waals surface area (Å²) in [5.41, 5.74) is 4.90. The highest BCUT2D eigenvalue weighted by atomic mass is 16.5. The standard InChI is InChI=1S/C24H28N2O3/c1-14(2)21-22(29-20-11-17(5)8-18(6)12-20)25-24(28)26(23(21)27)13-19-9-15(3)7-16(4)10-19/h7-12,14H,13H2,1-6H3,(H,25,28). The third-order valence-corrected chi connectivity index (χ3v) is 4.80. The van der Waals surface area contributed by atoms with Crippen molar-refractivity contribution in [1.82, 2.24) is 9.55 Å². The minimum absolute atomic E-state index is 0.106. The molecule has 1 N–H and O–H groups in total. The molecule has 0 spiro atoms. The van der Waals surface area contributed by atoms with Gasteiger partial charge in [-0.25, -0.2) is 4.79 Å². The van der Waals surface area contributed by atoms with E-state index >= 15 is 0 Å². The molecule has 5 nitrogen and oxygen atoms in total. The second-order valence-electron chi connectivity index (χ2n) is 8.14. The van der Waals surface area contributed by atoms with Crippen LogP contribution in [-0.4, -0.2) is 9.55 Å². The molecule has 1 heterocycles. The van der Waals surface area contributed by atoms with Crippen molar-refractivity contribution in [2.45, 2.75) is 54.0 Å². The monoisotopic (exact) mass is 392 g/mol. The number of benzene rings is 2. The van der Waals surface area contributed by atoms with Crippen LogP contribution in [0.4, 0.5) is 0 Å². The van der Waals surface area contributed by atoms with Crippen molar-refractivity contribution in [2.24, 2.45) is 0 Å². The third-order valence-electron chi connectivity index (χ3n) is 4.80. The van der Waals surface area contributed by atoms with Crippen LogP contribution in [0.5, 0.6) is 11.6 Å². The Balaban J connectivity index is 2.08. The van der Waals surface area contributed by atoms with Gasteiger partial charge in [0.15, 0.2) is 0 Å². The Kier molecular flexibility index (Phi) is 5.78. The molecule has 3 rings (SSSR count). The maximum Gasteiger partial charge on any atom is 0.331 e. The smallest absolute Gasteiger partial charge is 0.331 e. The predicted molar refractivity (Wildman–Crippen MR) is 116 cm³/mol. The molecule has 29 heavy (non-hydrogen) atoms. The van der Waals surface area contributed by atoms with E-state index in [2.05, 4.69) is 11.1 Å². The number of hydrogen-bond donors (Lipinski definition) is 1. The Labute approximate surface area is 171 Å². The fraction of sp³-hybridized carbons (Fsp3) is 0.333. The highest BCUT2D eigenvalue weighted by Crippen LogP contribution is 2.26. The Bertz CT molecular complexity index is 1130. The van der Waals surface area contributed by atoms with E-state index in [1.54, 1.807) is 0 Å². The van der Waals surface area contributed by atoms with Crippen LogP contribution in [0.3, 0.4) is 0 Å². The number of aromatic amines is 1. The highest BCUT2D eigenvalue weighted by molar-refractivity contribution is 5.38. The van der Waals surface area contributed by atoms with Crippen LogP contribution in [-0.2, 0) is 6.54 Å². The quantitative estimate of drug-likeness (QED) is 0.682. The van der Waals surface area contributed by atoms with Gasteiger partial charge in [0.1, 0.15) is 5.75 Å². The molecule has 0 aliphatic heterocycles. The first-order valence-corrected chi connectivity index (χ1v) is 9.84. The molecular weight excluding hydrogens is 364 g/mol. The van der Waals surface area contributed by atoms with Gasteiger partial charge in [-0.2, -0.15) is 0 Å². The number of aryl methyl sites for hydroxylation is 4. The molecule has 152 valence electrons. The SMILES string of the molecule is Cc1cc(C)cc(Cn2c(=O)[nH]c(Oc3cc(C)cc(C)c3)c(C(C)C)c2=O)c1. The number of hydrogen-bond acceptors (Lipinski definition) is 3. The number of nitrogens with one attached hydrogen (secondary N) is 1. The summed E-state index contributed by atoms with van der Waals surface area (Å²) in [6.45, 7) is 12.0. The highest BCUT2D eigenvalue weighted by Gasteiger charge is 2.19. The molecule has 0 saturated heterocycles. The molecular formula is C24H28N2O3. The lowest BCUT2D eigenvalue weighted by Crippen LogP contribution is -2.38. The zero-order chi connectivity index (χ0) is 21.3. The van der Waals surface area contributed by atoms with E-state index in [0.717, 1.165) is 27.8 Å². The van der Waals surface area contributed by atoms with Crippen molar-refractivity contribution in [1.29, 1.82) is 0 Å². The average molecular weight is 392 g/mol. The van der Waals surface area contributed by atoms with E-state index in [1.807, 2.05) is 71.9 Å². The zero-order valence-electron chi connectivity index (χ0n) is 17.9. The molecule has 0 radical (unpaired) electrons. The average Bonchev–Trinajstić information content (AvgIpc) is 2.56. The molecule has 0 atom stereocenters. The Morgan fingerprint density at radius 1 is 0.862 bits per heavy atom. The minimum Gasteiger partial charge on any atom is -0.440 e. The van der Waals surface area contributed by atoms with E-state index in [0.29, 0.717) is 11.3 Å². The van der Waals surface area contributed by atoms with E-state index in [1.165, 1.54) is 4.57 Å². The van der Waals surface area contributed by atoms with Crippen LogP contribution in [0.1, 0.15) is 53.1 Å². The van der Waals surface area contributed by atoms with Gasteiger partial charge in [0.25, 0.3) is 5.56 Å². The normalized spacial score (nSPS) is 11.1. The van der Waals surface area contributed by atoms with Crippen molar-refractivity contribution < 1.29 is 4.74 Å². The molecule has 0 saturated carbocycles.